The van der Waals surface area contributed by atoms with Crippen molar-refractivity contribution in [3.05, 3.63) is 23.8 Å². The summed E-state index contributed by atoms with van der Waals surface area (Å²) in [5.74, 6) is 0. The van der Waals surface area contributed by atoms with Crippen LogP contribution in [0.3, 0.4) is 0 Å². The van der Waals surface area contributed by atoms with Gasteiger partial charge in [-0.25, -0.2) is 0 Å². The minimum Gasteiger partial charge on any atom is -0.399 e. The summed E-state index contributed by atoms with van der Waals surface area (Å²) in [7, 11) is 0. The van der Waals surface area contributed by atoms with Gasteiger partial charge < -0.3 is 16.8 Å². The van der Waals surface area contributed by atoms with Crippen LogP contribution in [0.5, 0.6) is 0 Å². The minimum absolute atomic E-state index is 0.643. The molecule has 5 N–H and O–H groups in total. The Labute approximate surface area is 72.8 Å². The molecule has 1 rings (SSSR count). The summed E-state index contributed by atoms with van der Waals surface area (Å²) in [6, 6.07) is 5.80. The van der Waals surface area contributed by atoms with E-state index in [1.165, 1.54) is 0 Å². The molecule has 0 radical (unpaired) electrons. The molecule has 0 bridgehead atoms. The fourth-order valence-corrected chi connectivity index (χ4v) is 1.09. The number of rotatable bonds is 3. The topological polar surface area (TPSA) is 64.1 Å². The monoisotopic (exact) mass is 165 g/mol. The first-order valence-electron chi connectivity index (χ1n) is 4.04. The van der Waals surface area contributed by atoms with Crippen LogP contribution in [0.15, 0.2) is 18.2 Å². The third kappa shape index (κ3) is 2.13. The van der Waals surface area contributed by atoms with Crippen LogP contribution in [-0.4, -0.2) is 13.1 Å². The Bertz CT molecular complexity index is 258. The third-order valence-electron chi connectivity index (χ3n) is 1.71. The first kappa shape index (κ1) is 8.87. The average molecular weight is 165 g/mol. The van der Waals surface area contributed by atoms with Crippen LogP contribution in [0.2, 0.25) is 0 Å². The number of benzene rings is 1. The van der Waals surface area contributed by atoms with Gasteiger partial charge in [0.15, 0.2) is 0 Å². The van der Waals surface area contributed by atoms with Gasteiger partial charge in [-0.1, -0.05) is 0 Å². The Balaban J connectivity index is 2.72. The highest BCUT2D eigenvalue weighted by molar-refractivity contribution is 5.57. The first-order valence-corrected chi connectivity index (χ1v) is 4.04. The molecular weight excluding hydrogens is 150 g/mol. The van der Waals surface area contributed by atoms with E-state index in [1.807, 2.05) is 25.1 Å². The molecule has 3 nitrogen and oxygen atoms in total. The molecule has 1 aromatic rings. The van der Waals surface area contributed by atoms with Crippen molar-refractivity contribution in [3.63, 3.8) is 0 Å². The quantitative estimate of drug-likeness (QED) is 0.584. The number of nitrogen functional groups attached to an aromatic ring is 1. The average Bonchev–Trinajstić information content (AvgIpc) is 2.03. The predicted octanol–water partition coefficient (Wildman–Crippen LogP) is 0.948. The number of aryl methyl sites for hydroxylation is 1. The summed E-state index contributed by atoms with van der Waals surface area (Å²) in [5, 5.41) is 3.21. The van der Waals surface area contributed by atoms with Gasteiger partial charge in [0.05, 0.1) is 0 Å². The highest BCUT2D eigenvalue weighted by Crippen LogP contribution is 2.16. The largest absolute Gasteiger partial charge is 0.399 e. The lowest BCUT2D eigenvalue weighted by atomic mass is 10.2. The van der Waals surface area contributed by atoms with Gasteiger partial charge in [0.1, 0.15) is 0 Å². The number of anilines is 2. The molecule has 0 fully saturated rings. The van der Waals surface area contributed by atoms with E-state index in [1.54, 1.807) is 0 Å². The molecule has 12 heavy (non-hydrogen) atoms. The lowest BCUT2D eigenvalue weighted by molar-refractivity contribution is 1.02. The molecule has 0 saturated carbocycles. The molecular formula is C9H15N3. The van der Waals surface area contributed by atoms with E-state index in [2.05, 4.69) is 5.32 Å². The summed E-state index contributed by atoms with van der Waals surface area (Å²) >= 11 is 0. The molecule has 0 amide bonds. The predicted molar refractivity (Wildman–Crippen MR) is 53.1 cm³/mol. The standard InChI is InChI=1S/C9H15N3/c1-7-6-8(11)2-3-9(7)12-5-4-10/h2-3,6,12H,4-5,10-11H2,1H3. The Morgan fingerprint density at radius 2 is 2.17 bits per heavy atom. The van der Waals surface area contributed by atoms with Gasteiger partial charge in [0, 0.05) is 24.5 Å². The van der Waals surface area contributed by atoms with Crippen LogP contribution in [0, 0.1) is 6.92 Å². The molecule has 0 saturated heterocycles. The van der Waals surface area contributed by atoms with Crippen LogP contribution in [0.25, 0.3) is 0 Å². The fraction of sp³-hybridized carbons (Fsp3) is 0.333. The van der Waals surface area contributed by atoms with Gasteiger partial charge in [0.25, 0.3) is 0 Å². The highest BCUT2D eigenvalue weighted by atomic mass is 14.9. The van der Waals surface area contributed by atoms with Crippen molar-refractivity contribution in [1.29, 1.82) is 0 Å². The van der Waals surface area contributed by atoms with Gasteiger partial charge in [-0.15, -0.1) is 0 Å². The maximum atomic E-state index is 5.60. The lowest BCUT2D eigenvalue weighted by Crippen LogP contribution is -2.13. The van der Waals surface area contributed by atoms with Crippen LogP contribution in [0.1, 0.15) is 5.56 Å². The molecule has 0 aliphatic heterocycles. The Morgan fingerprint density at radius 3 is 2.75 bits per heavy atom. The Kier molecular flexibility index (Phi) is 2.94. The van der Waals surface area contributed by atoms with Crippen molar-refractivity contribution in [2.75, 3.05) is 24.1 Å². The summed E-state index contributed by atoms with van der Waals surface area (Å²) in [6.07, 6.45) is 0. The van der Waals surface area contributed by atoms with Gasteiger partial charge in [-0.2, -0.15) is 0 Å². The lowest BCUT2D eigenvalue weighted by Gasteiger charge is -2.08. The van der Waals surface area contributed by atoms with Crippen molar-refractivity contribution in [2.45, 2.75) is 6.92 Å². The molecule has 0 aliphatic carbocycles. The van der Waals surface area contributed by atoms with Crippen molar-refractivity contribution < 1.29 is 0 Å². The zero-order valence-electron chi connectivity index (χ0n) is 7.30. The van der Waals surface area contributed by atoms with Gasteiger partial charge >= 0.3 is 0 Å². The first-order chi connectivity index (χ1) is 5.74. The van der Waals surface area contributed by atoms with Crippen LogP contribution < -0.4 is 16.8 Å². The highest BCUT2D eigenvalue weighted by Gasteiger charge is 1.95. The number of hydrogen-bond acceptors (Lipinski definition) is 3. The molecule has 1 aromatic carbocycles. The van der Waals surface area contributed by atoms with E-state index in [-0.39, 0.29) is 0 Å². The zero-order chi connectivity index (χ0) is 8.97. The summed E-state index contributed by atoms with van der Waals surface area (Å²) in [5.41, 5.74) is 14.0. The smallest absolute Gasteiger partial charge is 0.0371 e. The van der Waals surface area contributed by atoms with Gasteiger partial charge in [0.2, 0.25) is 0 Å². The Morgan fingerprint density at radius 1 is 1.42 bits per heavy atom. The molecule has 66 valence electrons. The van der Waals surface area contributed by atoms with E-state index in [9.17, 15) is 0 Å². The van der Waals surface area contributed by atoms with Crippen molar-refractivity contribution in [1.82, 2.24) is 0 Å². The van der Waals surface area contributed by atoms with Gasteiger partial charge in [-0.3, -0.25) is 0 Å². The number of nitrogens with one attached hydrogen (secondary N) is 1. The number of hydrogen-bond donors (Lipinski definition) is 3. The van der Waals surface area contributed by atoms with Crippen LogP contribution in [-0.2, 0) is 0 Å². The second-order valence-corrected chi connectivity index (χ2v) is 2.79. The van der Waals surface area contributed by atoms with Crippen LogP contribution in [0.4, 0.5) is 11.4 Å². The molecule has 0 spiro atoms. The molecule has 3 heteroatoms. The van der Waals surface area contributed by atoms with E-state index in [0.717, 1.165) is 23.5 Å². The molecule has 0 aromatic heterocycles. The van der Waals surface area contributed by atoms with E-state index < -0.39 is 0 Å². The van der Waals surface area contributed by atoms with E-state index >= 15 is 0 Å². The molecule has 0 unspecified atom stereocenters. The summed E-state index contributed by atoms with van der Waals surface area (Å²) < 4.78 is 0. The Hall–Kier alpha value is -1.22. The van der Waals surface area contributed by atoms with Crippen LogP contribution >= 0.6 is 0 Å². The van der Waals surface area contributed by atoms with E-state index in [4.69, 9.17) is 11.5 Å². The van der Waals surface area contributed by atoms with Gasteiger partial charge in [-0.05, 0) is 30.7 Å². The molecule has 0 aliphatic rings. The van der Waals surface area contributed by atoms with E-state index in [0.29, 0.717) is 6.54 Å². The van der Waals surface area contributed by atoms with Crippen molar-refractivity contribution in [2.24, 2.45) is 5.73 Å². The molecule has 0 atom stereocenters. The second-order valence-electron chi connectivity index (χ2n) is 2.79. The zero-order valence-corrected chi connectivity index (χ0v) is 7.30. The number of nitrogens with two attached hydrogens (primary N) is 2. The minimum atomic E-state index is 0.643. The third-order valence-corrected chi connectivity index (χ3v) is 1.71. The fourth-order valence-electron chi connectivity index (χ4n) is 1.09. The second kappa shape index (κ2) is 3.97. The normalized spacial score (nSPS) is 9.83. The summed E-state index contributed by atoms with van der Waals surface area (Å²) in [4.78, 5) is 0. The van der Waals surface area contributed by atoms with Crippen molar-refractivity contribution >= 4 is 11.4 Å². The van der Waals surface area contributed by atoms with Crippen molar-refractivity contribution in [3.8, 4) is 0 Å². The summed E-state index contributed by atoms with van der Waals surface area (Å²) in [6.45, 7) is 3.46. The SMILES string of the molecule is Cc1cc(N)ccc1NCCN. The maximum absolute atomic E-state index is 5.60. The molecule has 0 heterocycles. The maximum Gasteiger partial charge on any atom is 0.0371 e.